The minimum atomic E-state index is 1.29. The van der Waals surface area contributed by atoms with Crippen LogP contribution in [0.15, 0.2) is 72.8 Å². The molecule has 0 N–H and O–H groups in total. The predicted molar refractivity (Wildman–Crippen MR) is 105 cm³/mol. The van der Waals surface area contributed by atoms with E-state index in [0.717, 1.165) is 0 Å². The summed E-state index contributed by atoms with van der Waals surface area (Å²) in [4.78, 5) is 0. The molecule has 0 amide bonds. The summed E-state index contributed by atoms with van der Waals surface area (Å²) in [6.45, 7) is 4.37. The van der Waals surface area contributed by atoms with Gasteiger partial charge in [0.25, 0.3) is 0 Å². The molecule has 0 nitrogen and oxygen atoms in total. The lowest BCUT2D eigenvalue weighted by Gasteiger charge is -2.16. The Balaban J connectivity index is 2.08. The second-order valence-electron chi connectivity index (χ2n) is 6.85. The summed E-state index contributed by atoms with van der Waals surface area (Å²) in [5, 5.41) is 8.17. The fourth-order valence-corrected chi connectivity index (χ4v) is 4.08. The van der Waals surface area contributed by atoms with Crippen LogP contribution in [-0.2, 0) is 0 Å². The average molecular weight is 306 g/mol. The van der Waals surface area contributed by atoms with Gasteiger partial charge >= 0.3 is 0 Å². The van der Waals surface area contributed by atoms with Gasteiger partial charge in [-0.1, -0.05) is 66.7 Å². The van der Waals surface area contributed by atoms with Crippen molar-refractivity contribution in [3.8, 4) is 11.1 Å². The number of hydrogen-bond acceptors (Lipinski definition) is 0. The van der Waals surface area contributed by atoms with Gasteiger partial charge in [0.1, 0.15) is 0 Å². The first kappa shape index (κ1) is 13.6. The van der Waals surface area contributed by atoms with Crippen LogP contribution in [0.2, 0.25) is 0 Å². The summed E-state index contributed by atoms with van der Waals surface area (Å²) in [7, 11) is 0. The van der Waals surface area contributed by atoms with E-state index in [1.54, 1.807) is 0 Å². The molecule has 0 fully saturated rings. The standard InChI is InChI=1S/C24H18/c1-15-10-18-8-9-19-11-16(2)13-22-21(17-6-4-3-5-7-17)14-20(12-15)23(18)24(19)22/h3-14H,1-2H3. The maximum absolute atomic E-state index is 2.37. The lowest BCUT2D eigenvalue weighted by molar-refractivity contribution is 1.51. The Hall–Kier alpha value is -2.86. The SMILES string of the molecule is Cc1cc2ccc3cc(C)cc4c(-c5ccccc5)cc(c1)c2c34. The molecule has 0 heteroatoms. The van der Waals surface area contributed by atoms with Crippen molar-refractivity contribution in [2.24, 2.45) is 0 Å². The number of benzene rings is 5. The Bertz CT molecular complexity index is 1200. The molecule has 0 aliphatic rings. The summed E-state index contributed by atoms with van der Waals surface area (Å²) < 4.78 is 0. The normalized spacial score (nSPS) is 11.8. The third-order valence-electron chi connectivity index (χ3n) is 5.02. The van der Waals surface area contributed by atoms with Crippen LogP contribution in [0.1, 0.15) is 11.1 Å². The van der Waals surface area contributed by atoms with E-state index >= 15 is 0 Å². The van der Waals surface area contributed by atoms with Crippen LogP contribution in [0, 0.1) is 13.8 Å². The van der Waals surface area contributed by atoms with Crippen molar-refractivity contribution < 1.29 is 0 Å². The first-order valence-corrected chi connectivity index (χ1v) is 8.46. The molecular weight excluding hydrogens is 288 g/mol. The molecule has 5 aromatic rings. The van der Waals surface area contributed by atoms with Crippen LogP contribution < -0.4 is 0 Å². The van der Waals surface area contributed by atoms with Crippen molar-refractivity contribution in [3.63, 3.8) is 0 Å². The lowest BCUT2D eigenvalue weighted by Crippen LogP contribution is -1.90. The van der Waals surface area contributed by atoms with Gasteiger partial charge < -0.3 is 0 Å². The maximum Gasteiger partial charge on any atom is -0.00204 e. The highest BCUT2D eigenvalue weighted by Gasteiger charge is 2.13. The summed E-state index contributed by atoms with van der Waals surface area (Å²) >= 11 is 0. The lowest BCUT2D eigenvalue weighted by atomic mass is 9.87. The average Bonchev–Trinajstić information content (AvgIpc) is 2.59. The van der Waals surface area contributed by atoms with Crippen LogP contribution in [-0.4, -0.2) is 0 Å². The van der Waals surface area contributed by atoms with Crippen LogP contribution in [0.4, 0.5) is 0 Å². The summed E-state index contributed by atoms with van der Waals surface area (Å²) in [6.07, 6.45) is 0. The topological polar surface area (TPSA) is 0 Å². The van der Waals surface area contributed by atoms with Gasteiger partial charge in [0.05, 0.1) is 0 Å². The van der Waals surface area contributed by atoms with E-state index < -0.39 is 0 Å². The van der Waals surface area contributed by atoms with Gasteiger partial charge in [0.15, 0.2) is 0 Å². The zero-order chi connectivity index (χ0) is 16.3. The summed E-state index contributed by atoms with van der Waals surface area (Å²) in [6, 6.07) is 26.9. The molecule has 114 valence electrons. The van der Waals surface area contributed by atoms with E-state index in [1.807, 2.05) is 0 Å². The van der Waals surface area contributed by atoms with E-state index in [1.165, 1.54) is 54.6 Å². The third-order valence-corrected chi connectivity index (χ3v) is 5.02. The number of hydrogen-bond donors (Lipinski definition) is 0. The predicted octanol–water partition coefficient (Wildman–Crippen LogP) is 6.87. The first-order chi connectivity index (χ1) is 11.7. The van der Waals surface area contributed by atoms with E-state index in [9.17, 15) is 0 Å². The van der Waals surface area contributed by atoms with Crippen molar-refractivity contribution in [1.29, 1.82) is 0 Å². The fraction of sp³-hybridized carbons (Fsp3) is 0.0833. The van der Waals surface area contributed by atoms with Crippen LogP contribution in [0.5, 0.6) is 0 Å². The molecule has 0 radical (unpaired) electrons. The third kappa shape index (κ3) is 1.86. The largest absolute Gasteiger partial charge is 0.0622 e. The van der Waals surface area contributed by atoms with Gasteiger partial charge in [-0.25, -0.2) is 0 Å². The van der Waals surface area contributed by atoms with E-state index in [2.05, 4.69) is 86.6 Å². The second-order valence-corrected chi connectivity index (χ2v) is 6.85. The molecule has 5 rings (SSSR count). The Kier molecular flexibility index (Phi) is 2.72. The van der Waals surface area contributed by atoms with Crippen molar-refractivity contribution in [2.45, 2.75) is 13.8 Å². The molecule has 0 unspecified atom stereocenters. The minimum absolute atomic E-state index is 1.29. The highest BCUT2D eigenvalue weighted by atomic mass is 14.2. The molecule has 0 spiro atoms. The van der Waals surface area contributed by atoms with Crippen molar-refractivity contribution >= 4 is 32.3 Å². The Morgan fingerprint density at radius 1 is 0.542 bits per heavy atom. The molecule has 24 heavy (non-hydrogen) atoms. The van der Waals surface area contributed by atoms with Gasteiger partial charge in [0, 0.05) is 0 Å². The molecule has 0 heterocycles. The molecular formula is C24H18. The Morgan fingerprint density at radius 3 is 1.92 bits per heavy atom. The zero-order valence-corrected chi connectivity index (χ0v) is 13.9. The van der Waals surface area contributed by atoms with Crippen LogP contribution in [0.25, 0.3) is 43.4 Å². The minimum Gasteiger partial charge on any atom is -0.0622 e. The molecule has 0 atom stereocenters. The van der Waals surface area contributed by atoms with Crippen LogP contribution in [0.3, 0.4) is 0 Å². The van der Waals surface area contributed by atoms with Gasteiger partial charge in [-0.05, 0) is 74.5 Å². The van der Waals surface area contributed by atoms with Crippen molar-refractivity contribution in [2.75, 3.05) is 0 Å². The number of rotatable bonds is 1. The fourth-order valence-electron chi connectivity index (χ4n) is 4.08. The maximum atomic E-state index is 2.37. The van der Waals surface area contributed by atoms with Crippen molar-refractivity contribution in [3.05, 3.63) is 83.9 Å². The summed E-state index contributed by atoms with van der Waals surface area (Å²) in [5.74, 6) is 0. The van der Waals surface area contributed by atoms with Crippen LogP contribution >= 0.6 is 0 Å². The highest BCUT2D eigenvalue weighted by molar-refractivity contribution is 6.26. The zero-order valence-electron chi connectivity index (χ0n) is 13.9. The second kappa shape index (κ2) is 4.82. The highest BCUT2D eigenvalue weighted by Crippen LogP contribution is 2.41. The van der Waals surface area contributed by atoms with Gasteiger partial charge in [-0.3, -0.25) is 0 Å². The van der Waals surface area contributed by atoms with Gasteiger partial charge in [-0.15, -0.1) is 0 Å². The van der Waals surface area contributed by atoms with Crippen molar-refractivity contribution in [1.82, 2.24) is 0 Å². The Labute approximate surface area is 141 Å². The molecule has 0 aliphatic heterocycles. The Morgan fingerprint density at radius 2 is 1.17 bits per heavy atom. The summed E-state index contributed by atoms with van der Waals surface area (Å²) in [5.41, 5.74) is 5.24. The van der Waals surface area contributed by atoms with Gasteiger partial charge in [-0.2, -0.15) is 0 Å². The molecule has 0 saturated heterocycles. The van der Waals surface area contributed by atoms with Gasteiger partial charge in [0.2, 0.25) is 0 Å². The van der Waals surface area contributed by atoms with E-state index in [0.29, 0.717) is 0 Å². The molecule has 0 aliphatic carbocycles. The van der Waals surface area contributed by atoms with E-state index in [-0.39, 0.29) is 0 Å². The number of aryl methyl sites for hydroxylation is 2. The first-order valence-electron chi connectivity index (χ1n) is 8.46. The quantitative estimate of drug-likeness (QED) is 0.296. The monoisotopic (exact) mass is 306 g/mol. The molecule has 0 bridgehead atoms. The molecule has 5 aromatic carbocycles. The molecule has 0 saturated carbocycles. The molecule has 0 aromatic heterocycles. The van der Waals surface area contributed by atoms with E-state index in [4.69, 9.17) is 0 Å². The smallest absolute Gasteiger partial charge is 0.00204 e.